The first-order valence-electron chi connectivity index (χ1n) is 10.3. The van der Waals surface area contributed by atoms with E-state index in [0.29, 0.717) is 18.9 Å². The maximum atomic E-state index is 12.2. The molecule has 0 unspecified atom stereocenters. The summed E-state index contributed by atoms with van der Waals surface area (Å²) in [6, 6.07) is 29.3. The van der Waals surface area contributed by atoms with Crippen molar-refractivity contribution in [1.29, 1.82) is 0 Å². The molecule has 1 aromatic heterocycles. The molecule has 0 saturated heterocycles. The summed E-state index contributed by atoms with van der Waals surface area (Å²) in [5.41, 5.74) is 2.72. The average Bonchev–Trinajstić information content (AvgIpc) is 2.82. The number of benzene rings is 3. The van der Waals surface area contributed by atoms with Crippen molar-refractivity contribution < 1.29 is 4.79 Å². The number of rotatable bonds is 9. The van der Waals surface area contributed by atoms with Gasteiger partial charge in [-0.25, -0.2) is 9.97 Å². The highest BCUT2D eigenvalue weighted by Crippen LogP contribution is 2.28. The first kappa shape index (κ1) is 21.4. The molecule has 0 saturated carbocycles. The number of hydrogen-bond acceptors (Lipinski definition) is 6. The van der Waals surface area contributed by atoms with Crippen molar-refractivity contribution in [2.75, 3.05) is 22.5 Å². The fraction of sp³-hybridized carbons (Fsp3) is 0.0800. The number of carbonyl (C=O) groups excluding carboxylic acids is 1. The molecule has 0 spiro atoms. The number of hydrogen-bond donors (Lipinski definition) is 3. The first-order chi connectivity index (χ1) is 15.7. The lowest BCUT2D eigenvalue weighted by atomic mass is 10.3. The van der Waals surface area contributed by atoms with Gasteiger partial charge < -0.3 is 16.0 Å². The van der Waals surface area contributed by atoms with Crippen LogP contribution >= 0.6 is 11.8 Å². The molecule has 4 rings (SSSR count). The van der Waals surface area contributed by atoms with Crippen molar-refractivity contribution in [2.45, 2.75) is 16.3 Å². The first-order valence-corrected chi connectivity index (χ1v) is 11.1. The lowest BCUT2D eigenvalue weighted by molar-refractivity contribution is -0.115. The zero-order valence-corrected chi connectivity index (χ0v) is 18.2. The van der Waals surface area contributed by atoms with Gasteiger partial charge in [0, 0.05) is 41.1 Å². The van der Waals surface area contributed by atoms with E-state index in [9.17, 15) is 4.79 Å². The molecule has 0 bridgehead atoms. The zero-order valence-electron chi connectivity index (χ0n) is 17.4. The third kappa shape index (κ3) is 6.58. The standard InChI is InChI=1S/C25H23N5OS/c31-23(15-17-26-19-7-3-1-4-8-19)28-21-11-13-22(14-12-21)32-24-16-18-27-25(30-24)29-20-9-5-2-6-10-20/h1-14,16,18,26H,15,17H2,(H,28,31)(H,27,29,30). The fourth-order valence-electron chi connectivity index (χ4n) is 2.94. The van der Waals surface area contributed by atoms with Gasteiger partial charge in [-0.2, -0.15) is 0 Å². The van der Waals surface area contributed by atoms with E-state index in [0.717, 1.165) is 27.0 Å². The molecule has 1 heterocycles. The maximum absolute atomic E-state index is 12.2. The van der Waals surface area contributed by atoms with Gasteiger partial charge in [0.05, 0.1) is 0 Å². The molecule has 0 atom stereocenters. The molecule has 3 N–H and O–H groups in total. The summed E-state index contributed by atoms with van der Waals surface area (Å²) in [6.07, 6.45) is 2.13. The van der Waals surface area contributed by atoms with Crippen LogP contribution in [0.3, 0.4) is 0 Å². The molecular formula is C25H23N5OS. The molecule has 6 nitrogen and oxygen atoms in total. The highest BCUT2D eigenvalue weighted by Gasteiger charge is 2.05. The maximum Gasteiger partial charge on any atom is 0.228 e. The van der Waals surface area contributed by atoms with Crippen LogP contribution in [0.2, 0.25) is 0 Å². The molecule has 32 heavy (non-hydrogen) atoms. The van der Waals surface area contributed by atoms with Crippen LogP contribution in [0.15, 0.2) is 107 Å². The van der Waals surface area contributed by atoms with E-state index < -0.39 is 0 Å². The number of carbonyl (C=O) groups is 1. The average molecular weight is 442 g/mol. The summed E-state index contributed by atoms with van der Waals surface area (Å²) in [7, 11) is 0. The normalized spacial score (nSPS) is 10.4. The molecule has 4 aromatic rings. The predicted molar refractivity (Wildman–Crippen MR) is 131 cm³/mol. The summed E-state index contributed by atoms with van der Waals surface area (Å²) in [4.78, 5) is 22.0. The number of aromatic nitrogens is 2. The van der Waals surface area contributed by atoms with Gasteiger partial charge in [0.25, 0.3) is 0 Å². The minimum atomic E-state index is -0.0266. The largest absolute Gasteiger partial charge is 0.385 e. The van der Waals surface area contributed by atoms with Gasteiger partial charge in [-0.05, 0) is 54.6 Å². The van der Waals surface area contributed by atoms with Crippen molar-refractivity contribution >= 4 is 40.7 Å². The van der Waals surface area contributed by atoms with Crippen LogP contribution in [-0.2, 0) is 4.79 Å². The van der Waals surface area contributed by atoms with E-state index in [1.165, 1.54) is 11.8 Å². The van der Waals surface area contributed by atoms with Gasteiger partial charge in [0.2, 0.25) is 11.9 Å². The molecule has 1 amide bonds. The van der Waals surface area contributed by atoms with Gasteiger partial charge >= 0.3 is 0 Å². The Balaban J connectivity index is 1.27. The van der Waals surface area contributed by atoms with Crippen LogP contribution in [0.1, 0.15) is 6.42 Å². The predicted octanol–water partition coefficient (Wildman–Crippen LogP) is 5.81. The Kier molecular flexibility index (Phi) is 7.34. The fourth-order valence-corrected chi connectivity index (χ4v) is 3.71. The van der Waals surface area contributed by atoms with E-state index in [-0.39, 0.29) is 5.91 Å². The molecule has 0 aliphatic carbocycles. The second-order valence-corrected chi connectivity index (χ2v) is 8.02. The zero-order chi connectivity index (χ0) is 22.0. The monoisotopic (exact) mass is 441 g/mol. The molecule has 0 aliphatic rings. The molecule has 0 fully saturated rings. The van der Waals surface area contributed by atoms with E-state index in [1.54, 1.807) is 6.20 Å². The number of nitrogens with zero attached hydrogens (tertiary/aromatic N) is 2. The number of amides is 1. The Morgan fingerprint density at radius 1 is 0.781 bits per heavy atom. The number of nitrogens with one attached hydrogen (secondary N) is 3. The van der Waals surface area contributed by atoms with Crippen LogP contribution in [-0.4, -0.2) is 22.4 Å². The lowest BCUT2D eigenvalue weighted by Crippen LogP contribution is -2.16. The Labute approximate surface area is 191 Å². The van der Waals surface area contributed by atoms with E-state index in [4.69, 9.17) is 0 Å². The van der Waals surface area contributed by atoms with Crippen molar-refractivity contribution in [1.82, 2.24) is 9.97 Å². The van der Waals surface area contributed by atoms with Gasteiger partial charge in [-0.15, -0.1) is 0 Å². The third-order valence-corrected chi connectivity index (χ3v) is 5.42. The van der Waals surface area contributed by atoms with Crippen molar-refractivity contribution in [3.63, 3.8) is 0 Å². The van der Waals surface area contributed by atoms with Crippen LogP contribution in [0.25, 0.3) is 0 Å². The quantitative estimate of drug-likeness (QED) is 0.284. The van der Waals surface area contributed by atoms with Crippen LogP contribution in [0.5, 0.6) is 0 Å². The Morgan fingerprint density at radius 3 is 2.19 bits per heavy atom. The van der Waals surface area contributed by atoms with E-state index in [1.807, 2.05) is 91.0 Å². The molecule has 7 heteroatoms. The summed E-state index contributed by atoms with van der Waals surface area (Å²) >= 11 is 1.54. The van der Waals surface area contributed by atoms with Crippen LogP contribution in [0, 0.1) is 0 Å². The molecule has 3 aromatic carbocycles. The second-order valence-electron chi connectivity index (χ2n) is 6.93. The molecule has 0 radical (unpaired) electrons. The molecular weight excluding hydrogens is 418 g/mol. The minimum Gasteiger partial charge on any atom is -0.385 e. The molecule has 160 valence electrons. The third-order valence-electron chi connectivity index (χ3n) is 4.48. The van der Waals surface area contributed by atoms with Gasteiger partial charge in [-0.1, -0.05) is 48.2 Å². The smallest absolute Gasteiger partial charge is 0.228 e. The summed E-state index contributed by atoms with van der Waals surface area (Å²) in [6.45, 7) is 0.580. The lowest BCUT2D eigenvalue weighted by Gasteiger charge is -2.09. The SMILES string of the molecule is O=C(CCNc1ccccc1)Nc1ccc(Sc2ccnc(Nc3ccccc3)n2)cc1. The summed E-state index contributed by atoms with van der Waals surface area (Å²) in [5.74, 6) is 0.524. The topological polar surface area (TPSA) is 78.9 Å². The Morgan fingerprint density at radius 2 is 1.47 bits per heavy atom. The van der Waals surface area contributed by atoms with E-state index in [2.05, 4.69) is 25.9 Å². The Hall–Kier alpha value is -3.84. The second kappa shape index (κ2) is 11.0. The summed E-state index contributed by atoms with van der Waals surface area (Å²) < 4.78 is 0. The van der Waals surface area contributed by atoms with E-state index >= 15 is 0 Å². The van der Waals surface area contributed by atoms with Crippen LogP contribution < -0.4 is 16.0 Å². The Bertz CT molecular complexity index is 1140. The highest BCUT2D eigenvalue weighted by atomic mass is 32.2. The van der Waals surface area contributed by atoms with Gasteiger partial charge in [0.15, 0.2) is 0 Å². The highest BCUT2D eigenvalue weighted by molar-refractivity contribution is 7.99. The van der Waals surface area contributed by atoms with Crippen molar-refractivity contribution in [3.05, 3.63) is 97.2 Å². The number of anilines is 4. The minimum absolute atomic E-state index is 0.0266. The van der Waals surface area contributed by atoms with Crippen LogP contribution in [0.4, 0.5) is 23.0 Å². The van der Waals surface area contributed by atoms with Gasteiger partial charge in [0.1, 0.15) is 5.03 Å². The summed E-state index contributed by atoms with van der Waals surface area (Å²) in [5, 5.41) is 10.2. The number of para-hydroxylation sites is 2. The van der Waals surface area contributed by atoms with Crippen molar-refractivity contribution in [2.24, 2.45) is 0 Å². The van der Waals surface area contributed by atoms with Crippen molar-refractivity contribution in [3.8, 4) is 0 Å². The molecule has 0 aliphatic heterocycles. The van der Waals surface area contributed by atoms with Gasteiger partial charge in [-0.3, -0.25) is 4.79 Å².